The summed E-state index contributed by atoms with van der Waals surface area (Å²) in [5.74, 6) is 0.689. The molecule has 5 nitrogen and oxygen atoms in total. The van der Waals surface area contributed by atoms with E-state index in [1.54, 1.807) is 4.80 Å². The quantitative estimate of drug-likeness (QED) is 0.762. The van der Waals surface area contributed by atoms with Crippen LogP contribution < -0.4 is 5.32 Å². The number of rotatable bonds is 6. The van der Waals surface area contributed by atoms with Crippen molar-refractivity contribution in [2.24, 2.45) is 0 Å². The number of benzene rings is 1. The highest BCUT2D eigenvalue weighted by Crippen LogP contribution is 2.11. The predicted molar refractivity (Wildman–Crippen MR) is 66.4 cm³/mol. The highest BCUT2D eigenvalue weighted by molar-refractivity contribution is 5.52. The van der Waals surface area contributed by atoms with E-state index in [-0.39, 0.29) is 0 Å². The number of hydrogen-bond donors (Lipinski definition) is 1. The molecule has 0 atom stereocenters. The van der Waals surface area contributed by atoms with Crippen molar-refractivity contribution >= 4 is 0 Å². The second-order valence-corrected chi connectivity index (χ2v) is 3.78. The summed E-state index contributed by atoms with van der Waals surface area (Å²) in [5.41, 5.74) is 1.01. The van der Waals surface area contributed by atoms with Crippen molar-refractivity contribution in [3.8, 4) is 11.4 Å². The molecule has 1 N–H and O–H groups in total. The number of aryl methyl sites for hydroxylation is 1. The normalized spacial score (nSPS) is 10.6. The van der Waals surface area contributed by atoms with Gasteiger partial charge in [-0.3, -0.25) is 0 Å². The summed E-state index contributed by atoms with van der Waals surface area (Å²) in [5, 5.41) is 15.7. The van der Waals surface area contributed by atoms with Crippen LogP contribution in [0.3, 0.4) is 0 Å². The molecule has 5 heteroatoms. The Bertz CT molecular complexity index is 437. The Balaban J connectivity index is 1.92. The van der Waals surface area contributed by atoms with Gasteiger partial charge in [-0.2, -0.15) is 4.80 Å². The van der Waals surface area contributed by atoms with E-state index in [1.807, 2.05) is 30.3 Å². The molecule has 17 heavy (non-hydrogen) atoms. The average molecular weight is 231 g/mol. The molecule has 1 heterocycles. The van der Waals surface area contributed by atoms with E-state index in [0.29, 0.717) is 5.82 Å². The minimum absolute atomic E-state index is 0.689. The van der Waals surface area contributed by atoms with E-state index in [0.717, 1.165) is 31.6 Å². The maximum absolute atomic E-state index is 4.34. The second kappa shape index (κ2) is 6.10. The molecule has 0 unspecified atom stereocenters. The zero-order valence-electron chi connectivity index (χ0n) is 10.0. The SMILES string of the molecule is CCNCCCn1nnc(-c2ccccc2)n1. The first-order chi connectivity index (χ1) is 8.40. The van der Waals surface area contributed by atoms with Gasteiger partial charge in [-0.05, 0) is 24.7 Å². The van der Waals surface area contributed by atoms with Crippen LogP contribution in [0.5, 0.6) is 0 Å². The van der Waals surface area contributed by atoms with Gasteiger partial charge in [0.05, 0.1) is 6.54 Å². The van der Waals surface area contributed by atoms with Crippen molar-refractivity contribution in [1.82, 2.24) is 25.5 Å². The minimum atomic E-state index is 0.689. The third-order valence-corrected chi connectivity index (χ3v) is 2.45. The summed E-state index contributed by atoms with van der Waals surface area (Å²) < 4.78 is 0. The van der Waals surface area contributed by atoms with Gasteiger partial charge in [0.25, 0.3) is 0 Å². The zero-order valence-corrected chi connectivity index (χ0v) is 10.0. The molecule has 0 saturated carbocycles. The largest absolute Gasteiger partial charge is 0.317 e. The van der Waals surface area contributed by atoms with E-state index < -0.39 is 0 Å². The lowest BCUT2D eigenvalue weighted by atomic mass is 10.2. The van der Waals surface area contributed by atoms with E-state index >= 15 is 0 Å². The van der Waals surface area contributed by atoms with Crippen LogP contribution in [-0.2, 0) is 6.54 Å². The third kappa shape index (κ3) is 3.35. The molecule has 0 aliphatic heterocycles. The highest BCUT2D eigenvalue weighted by Gasteiger charge is 2.04. The molecular formula is C12H17N5. The Morgan fingerprint density at radius 3 is 2.82 bits per heavy atom. The van der Waals surface area contributed by atoms with E-state index in [2.05, 4.69) is 27.7 Å². The molecule has 0 aliphatic rings. The lowest BCUT2D eigenvalue weighted by molar-refractivity contribution is 0.487. The van der Waals surface area contributed by atoms with Gasteiger partial charge < -0.3 is 5.32 Å². The van der Waals surface area contributed by atoms with Gasteiger partial charge in [0.15, 0.2) is 0 Å². The van der Waals surface area contributed by atoms with E-state index in [4.69, 9.17) is 0 Å². The molecule has 1 aromatic carbocycles. The van der Waals surface area contributed by atoms with Crippen molar-refractivity contribution in [2.45, 2.75) is 19.9 Å². The zero-order chi connectivity index (χ0) is 11.9. The molecule has 0 spiro atoms. The summed E-state index contributed by atoms with van der Waals surface area (Å²) in [7, 11) is 0. The Morgan fingerprint density at radius 1 is 1.24 bits per heavy atom. The Labute approximate surface area is 101 Å². The molecular weight excluding hydrogens is 214 g/mol. The van der Waals surface area contributed by atoms with Crippen LogP contribution in [0.2, 0.25) is 0 Å². The fourth-order valence-corrected chi connectivity index (χ4v) is 1.56. The fraction of sp³-hybridized carbons (Fsp3) is 0.417. The van der Waals surface area contributed by atoms with Crippen LogP contribution >= 0.6 is 0 Å². The van der Waals surface area contributed by atoms with Crippen molar-refractivity contribution in [3.05, 3.63) is 30.3 Å². The smallest absolute Gasteiger partial charge is 0.204 e. The summed E-state index contributed by atoms with van der Waals surface area (Å²) in [6.45, 7) is 4.88. The fourth-order valence-electron chi connectivity index (χ4n) is 1.56. The summed E-state index contributed by atoms with van der Waals surface area (Å²) in [4.78, 5) is 1.65. The van der Waals surface area contributed by atoms with Crippen molar-refractivity contribution in [1.29, 1.82) is 0 Å². The van der Waals surface area contributed by atoms with Crippen molar-refractivity contribution < 1.29 is 0 Å². The maximum Gasteiger partial charge on any atom is 0.204 e. The molecule has 0 amide bonds. The van der Waals surface area contributed by atoms with Crippen LogP contribution in [-0.4, -0.2) is 33.3 Å². The number of aromatic nitrogens is 4. The first-order valence-corrected chi connectivity index (χ1v) is 5.94. The molecule has 1 aromatic heterocycles. The summed E-state index contributed by atoms with van der Waals surface area (Å²) >= 11 is 0. The monoisotopic (exact) mass is 231 g/mol. The molecule has 0 saturated heterocycles. The van der Waals surface area contributed by atoms with Gasteiger partial charge in [-0.25, -0.2) is 0 Å². The number of nitrogens with zero attached hydrogens (tertiary/aromatic N) is 4. The first kappa shape index (κ1) is 11.7. The van der Waals surface area contributed by atoms with Crippen molar-refractivity contribution in [3.63, 3.8) is 0 Å². The molecule has 0 bridgehead atoms. The molecule has 0 aliphatic carbocycles. The van der Waals surface area contributed by atoms with E-state index in [1.165, 1.54) is 0 Å². The van der Waals surface area contributed by atoms with Gasteiger partial charge in [-0.15, -0.1) is 10.2 Å². The van der Waals surface area contributed by atoms with Crippen LogP contribution in [0.4, 0.5) is 0 Å². The number of tetrazole rings is 1. The van der Waals surface area contributed by atoms with Crippen LogP contribution in [0.15, 0.2) is 30.3 Å². The maximum atomic E-state index is 4.34. The standard InChI is InChI=1S/C12H17N5/c1-2-13-9-6-10-17-15-12(14-16-17)11-7-4-3-5-8-11/h3-5,7-8,13H,2,6,9-10H2,1H3. The predicted octanol–water partition coefficient (Wildman–Crippen LogP) is 1.34. The van der Waals surface area contributed by atoms with Crippen molar-refractivity contribution in [2.75, 3.05) is 13.1 Å². The van der Waals surface area contributed by atoms with Gasteiger partial charge in [0, 0.05) is 5.56 Å². The molecule has 0 fully saturated rings. The minimum Gasteiger partial charge on any atom is -0.317 e. The first-order valence-electron chi connectivity index (χ1n) is 5.94. The molecule has 0 radical (unpaired) electrons. The summed E-state index contributed by atoms with van der Waals surface area (Å²) in [6, 6.07) is 9.90. The highest BCUT2D eigenvalue weighted by atomic mass is 15.6. The van der Waals surface area contributed by atoms with Crippen LogP contribution in [0, 0.1) is 0 Å². The summed E-state index contributed by atoms with van der Waals surface area (Å²) in [6.07, 6.45) is 1.01. The average Bonchev–Trinajstić information content (AvgIpc) is 2.85. The van der Waals surface area contributed by atoms with Gasteiger partial charge >= 0.3 is 0 Å². The number of hydrogen-bond acceptors (Lipinski definition) is 4. The van der Waals surface area contributed by atoms with Crippen LogP contribution in [0.1, 0.15) is 13.3 Å². The molecule has 90 valence electrons. The van der Waals surface area contributed by atoms with Gasteiger partial charge in [0.2, 0.25) is 5.82 Å². The second-order valence-electron chi connectivity index (χ2n) is 3.78. The lowest BCUT2D eigenvalue weighted by Gasteiger charge is -1.99. The van der Waals surface area contributed by atoms with E-state index in [9.17, 15) is 0 Å². The van der Waals surface area contributed by atoms with Gasteiger partial charge in [-0.1, -0.05) is 37.3 Å². The Hall–Kier alpha value is -1.75. The Kier molecular flexibility index (Phi) is 4.21. The number of nitrogens with one attached hydrogen (secondary N) is 1. The lowest BCUT2D eigenvalue weighted by Crippen LogP contribution is -2.16. The molecule has 2 rings (SSSR count). The molecule has 2 aromatic rings. The topological polar surface area (TPSA) is 55.6 Å². The van der Waals surface area contributed by atoms with Crippen LogP contribution in [0.25, 0.3) is 11.4 Å². The third-order valence-electron chi connectivity index (χ3n) is 2.45. The van der Waals surface area contributed by atoms with Gasteiger partial charge in [0.1, 0.15) is 0 Å². The Morgan fingerprint density at radius 2 is 2.06 bits per heavy atom.